The molecule has 1 unspecified atom stereocenters. The zero-order valence-corrected chi connectivity index (χ0v) is 19.3. The molecule has 2 aromatic carbocycles. The summed E-state index contributed by atoms with van der Waals surface area (Å²) in [7, 11) is 1.80. The van der Waals surface area contributed by atoms with Crippen molar-refractivity contribution in [1.29, 1.82) is 0 Å². The highest BCUT2D eigenvalue weighted by atomic mass is 16.5. The van der Waals surface area contributed by atoms with Crippen LogP contribution in [0.1, 0.15) is 23.6 Å². The second-order valence-electron chi connectivity index (χ2n) is 8.88. The maximum absolute atomic E-state index is 13.4. The largest absolute Gasteiger partial charge is 0.392 e. The van der Waals surface area contributed by atoms with E-state index in [9.17, 15) is 14.7 Å². The van der Waals surface area contributed by atoms with Crippen molar-refractivity contribution in [2.24, 2.45) is 0 Å². The Morgan fingerprint density at radius 1 is 1.29 bits per heavy atom. The molecule has 35 heavy (non-hydrogen) atoms. The monoisotopic (exact) mass is 474 g/mol. The molecule has 0 bridgehead atoms. The molecule has 0 aliphatic carbocycles. The number of hydrogen-bond acceptors (Lipinski definition) is 8. The smallest absolute Gasteiger partial charge is 0.266 e. The van der Waals surface area contributed by atoms with Crippen LogP contribution in [0.3, 0.4) is 0 Å². The van der Waals surface area contributed by atoms with E-state index in [0.717, 1.165) is 29.7 Å². The molecule has 180 valence electrons. The molecule has 2 atom stereocenters. The van der Waals surface area contributed by atoms with Crippen LogP contribution >= 0.6 is 0 Å². The van der Waals surface area contributed by atoms with Crippen molar-refractivity contribution >= 4 is 16.9 Å². The lowest BCUT2D eigenvalue weighted by molar-refractivity contribution is -0.131. The minimum atomic E-state index is -0.351. The van der Waals surface area contributed by atoms with Gasteiger partial charge in [-0.05, 0) is 35.7 Å². The molecule has 10 heteroatoms. The number of aromatic nitrogens is 4. The van der Waals surface area contributed by atoms with Crippen LogP contribution in [0.5, 0.6) is 0 Å². The predicted molar refractivity (Wildman–Crippen MR) is 128 cm³/mol. The van der Waals surface area contributed by atoms with Gasteiger partial charge < -0.3 is 19.5 Å². The van der Waals surface area contributed by atoms with Gasteiger partial charge in [-0.25, -0.2) is 4.98 Å². The SMILES string of the molecule is CN(C(=O)Cc1ccc2ncc(=O)[nH]c2c1)C(CN1CC[C@H](O)C1)c1cccc(-c2ncon2)c1. The summed E-state index contributed by atoms with van der Waals surface area (Å²) < 4.78 is 4.89. The maximum atomic E-state index is 13.4. The van der Waals surface area contributed by atoms with Gasteiger partial charge in [0, 0.05) is 32.2 Å². The highest BCUT2D eigenvalue weighted by molar-refractivity contribution is 5.81. The second kappa shape index (κ2) is 9.77. The highest BCUT2D eigenvalue weighted by Gasteiger charge is 2.28. The van der Waals surface area contributed by atoms with Gasteiger partial charge in [0.25, 0.3) is 5.56 Å². The minimum Gasteiger partial charge on any atom is -0.392 e. The molecule has 1 saturated heterocycles. The number of aliphatic hydroxyl groups excluding tert-OH is 1. The van der Waals surface area contributed by atoms with Gasteiger partial charge in [0.15, 0.2) is 0 Å². The van der Waals surface area contributed by atoms with Gasteiger partial charge in [0.1, 0.15) is 0 Å². The Morgan fingerprint density at radius 3 is 2.94 bits per heavy atom. The standard InChI is InChI=1S/C25H26N6O4/c1-30(24(34)10-16-5-6-20-21(9-16)28-23(33)12-26-20)22(14-31-8-7-19(32)13-31)17-3-2-4-18(11-17)25-27-15-35-29-25/h2-6,9,11-12,15,19,22,32H,7-8,10,13-14H2,1H3,(H,28,33)/t19-,22?/m0/s1. The number of benzene rings is 2. The number of fused-ring (bicyclic) bond motifs is 1. The summed E-state index contributed by atoms with van der Waals surface area (Å²) in [6, 6.07) is 13.0. The van der Waals surface area contributed by atoms with Crippen LogP contribution in [-0.4, -0.2) is 73.7 Å². The fourth-order valence-electron chi connectivity index (χ4n) is 4.53. The number of H-pyrrole nitrogens is 1. The molecular weight excluding hydrogens is 448 g/mol. The van der Waals surface area contributed by atoms with E-state index in [-0.39, 0.29) is 30.0 Å². The molecule has 0 radical (unpaired) electrons. The Hall–Kier alpha value is -3.89. The molecule has 10 nitrogen and oxygen atoms in total. The molecule has 1 aliphatic rings. The summed E-state index contributed by atoms with van der Waals surface area (Å²) in [5, 5.41) is 13.9. The zero-order chi connectivity index (χ0) is 24.4. The van der Waals surface area contributed by atoms with E-state index in [1.54, 1.807) is 24.1 Å². The average Bonchev–Trinajstić information content (AvgIpc) is 3.54. The van der Waals surface area contributed by atoms with Crippen LogP contribution in [0, 0.1) is 0 Å². The van der Waals surface area contributed by atoms with Gasteiger partial charge in [-0.2, -0.15) is 4.98 Å². The third kappa shape index (κ3) is 5.13. The number of hydrogen-bond donors (Lipinski definition) is 2. The summed E-state index contributed by atoms with van der Waals surface area (Å²) in [6.45, 7) is 1.94. The average molecular weight is 475 g/mol. The van der Waals surface area contributed by atoms with E-state index in [1.165, 1.54) is 12.6 Å². The molecule has 1 amide bonds. The normalized spacial score (nSPS) is 17.0. The molecule has 1 aliphatic heterocycles. The lowest BCUT2D eigenvalue weighted by atomic mass is 10.0. The summed E-state index contributed by atoms with van der Waals surface area (Å²) in [5.41, 5.74) is 3.51. The lowest BCUT2D eigenvalue weighted by Gasteiger charge is -2.32. The van der Waals surface area contributed by atoms with Crippen LogP contribution < -0.4 is 5.56 Å². The summed E-state index contributed by atoms with van der Waals surface area (Å²) >= 11 is 0. The quantitative estimate of drug-likeness (QED) is 0.415. The molecule has 4 aromatic rings. The Kier molecular flexibility index (Phi) is 6.39. The van der Waals surface area contributed by atoms with E-state index >= 15 is 0 Å². The predicted octanol–water partition coefficient (Wildman–Crippen LogP) is 1.78. The van der Waals surface area contributed by atoms with Gasteiger partial charge >= 0.3 is 0 Å². The van der Waals surface area contributed by atoms with Crippen LogP contribution in [0.15, 0.2) is 64.4 Å². The van der Waals surface area contributed by atoms with Crippen molar-refractivity contribution in [3.63, 3.8) is 0 Å². The highest BCUT2D eigenvalue weighted by Crippen LogP contribution is 2.27. The van der Waals surface area contributed by atoms with Crippen molar-refractivity contribution < 1.29 is 14.4 Å². The van der Waals surface area contributed by atoms with Crippen LogP contribution in [0.2, 0.25) is 0 Å². The van der Waals surface area contributed by atoms with E-state index in [1.807, 2.05) is 30.3 Å². The second-order valence-corrected chi connectivity index (χ2v) is 8.88. The van der Waals surface area contributed by atoms with Crippen molar-refractivity contribution in [3.05, 3.63) is 76.5 Å². The zero-order valence-electron chi connectivity index (χ0n) is 19.3. The number of aromatic amines is 1. The van der Waals surface area contributed by atoms with E-state index in [0.29, 0.717) is 29.9 Å². The number of carbonyl (C=O) groups excluding carboxylic acids is 1. The first-order valence-electron chi connectivity index (χ1n) is 11.5. The topological polar surface area (TPSA) is 128 Å². The van der Waals surface area contributed by atoms with Crippen molar-refractivity contribution in [2.45, 2.75) is 25.0 Å². The number of aliphatic hydroxyl groups is 1. The number of β-amino-alcohol motifs (C(OH)–C–C–N with tert-alkyl or cyclic N) is 1. The first-order chi connectivity index (χ1) is 17.0. The molecule has 2 N–H and O–H groups in total. The van der Waals surface area contributed by atoms with Crippen molar-refractivity contribution in [1.82, 2.24) is 29.9 Å². The number of likely N-dealkylation sites (N-methyl/N-ethyl adjacent to an activating group) is 1. The van der Waals surface area contributed by atoms with Crippen LogP contribution in [0.4, 0.5) is 0 Å². The first-order valence-corrected chi connectivity index (χ1v) is 11.5. The summed E-state index contributed by atoms with van der Waals surface area (Å²) in [4.78, 5) is 40.0. The number of nitrogens with one attached hydrogen (secondary N) is 1. The third-order valence-electron chi connectivity index (χ3n) is 6.43. The molecule has 0 spiro atoms. The first kappa shape index (κ1) is 22.9. The Morgan fingerprint density at radius 2 is 2.17 bits per heavy atom. The van der Waals surface area contributed by atoms with Gasteiger partial charge in [-0.1, -0.05) is 29.4 Å². The summed E-state index contributed by atoms with van der Waals surface area (Å²) in [5.74, 6) is 0.417. The van der Waals surface area contributed by atoms with E-state index in [4.69, 9.17) is 4.52 Å². The Balaban J connectivity index is 1.41. The molecule has 5 rings (SSSR count). The molecule has 2 aromatic heterocycles. The van der Waals surface area contributed by atoms with Crippen molar-refractivity contribution in [2.75, 3.05) is 26.7 Å². The summed E-state index contributed by atoms with van der Waals surface area (Å²) in [6.07, 6.45) is 3.07. The third-order valence-corrected chi connectivity index (χ3v) is 6.43. The minimum absolute atomic E-state index is 0.0645. The maximum Gasteiger partial charge on any atom is 0.266 e. The van der Waals surface area contributed by atoms with E-state index < -0.39 is 0 Å². The molecular formula is C25H26N6O4. The van der Waals surface area contributed by atoms with E-state index in [2.05, 4.69) is 25.0 Å². The van der Waals surface area contributed by atoms with Gasteiger partial charge in [-0.3, -0.25) is 14.5 Å². The Bertz CT molecular complexity index is 1390. The molecule has 1 fully saturated rings. The van der Waals surface area contributed by atoms with Gasteiger partial charge in [-0.15, -0.1) is 0 Å². The van der Waals surface area contributed by atoms with Gasteiger partial charge in [0.2, 0.25) is 18.1 Å². The fourth-order valence-corrected chi connectivity index (χ4v) is 4.53. The Labute approximate surface area is 201 Å². The number of amides is 1. The lowest BCUT2D eigenvalue weighted by Crippen LogP contribution is -2.39. The number of likely N-dealkylation sites (tertiary alicyclic amines) is 1. The fraction of sp³-hybridized carbons (Fsp3) is 0.320. The van der Waals surface area contributed by atoms with Crippen LogP contribution in [-0.2, 0) is 11.2 Å². The number of nitrogens with zero attached hydrogens (tertiary/aromatic N) is 5. The molecule has 3 heterocycles. The number of rotatable bonds is 7. The van der Waals surface area contributed by atoms with Gasteiger partial charge in [0.05, 0.1) is 35.8 Å². The van der Waals surface area contributed by atoms with Crippen LogP contribution in [0.25, 0.3) is 22.4 Å². The van der Waals surface area contributed by atoms with Crippen molar-refractivity contribution in [3.8, 4) is 11.4 Å². The number of carbonyl (C=O) groups is 1. The molecule has 0 saturated carbocycles.